The lowest BCUT2D eigenvalue weighted by molar-refractivity contribution is -0.135. The number of amides is 1. The number of nitriles is 1. The summed E-state index contributed by atoms with van der Waals surface area (Å²) in [6.45, 7) is 2.79. The van der Waals surface area contributed by atoms with Crippen LogP contribution in [-0.2, 0) is 14.3 Å². The smallest absolute Gasteiger partial charge is 0.348 e. The Morgan fingerprint density at radius 1 is 1.38 bits per heavy atom. The molecule has 0 bridgehead atoms. The number of primary amides is 1. The van der Waals surface area contributed by atoms with Gasteiger partial charge < -0.3 is 15.4 Å². The van der Waals surface area contributed by atoms with Gasteiger partial charge in [0.25, 0.3) is 5.56 Å². The minimum Gasteiger partial charge on any atom is -0.465 e. The van der Waals surface area contributed by atoms with Gasteiger partial charge in [0.15, 0.2) is 0 Å². The fourth-order valence-electron chi connectivity index (χ4n) is 3.43. The van der Waals surface area contributed by atoms with E-state index in [0.717, 1.165) is 12.7 Å². The van der Waals surface area contributed by atoms with Crippen molar-refractivity contribution < 1.29 is 14.3 Å². The second kappa shape index (κ2) is 8.14. The second-order valence-corrected chi connectivity index (χ2v) is 6.86. The lowest BCUT2D eigenvalue weighted by Crippen LogP contribution is -2.40. The number of carbonyl (C=O) groups is 2. The first-order chi connectivity index (χ1) is 13.9. The SMILES string of the molecule is COC(=O)C(C#N)=Cc1c(N2CCC(C(N)=O)CC2)nc2c(C)cccn2c1=O. The molecule has 9 nitrogen and oxygen atoms in total. The molecule has 0 unspecified atom stereocenters. The summed E-state index contributed by atoms with van der Waals surface area (Å²) in [6.07, 6.45) is 3.87. The van der Waals surface area contributed by atoms with E-state index < -0.39 is 11.5 Å². The fraction of sp³-hybridized carbons (Fsp3) is 0.350. The highest BCUT2D eigenvalue weighted by Crippen LogP contribution is 2.26. The molecule has 1 aliphatic heterocycles. The largest absolute Gasteiger partial charge is 0.465 e. The van der Waals surface area contributed by atoms with Gasteiger partial charge in [-0.2, -0.15) is 5.26 Å². The van der Waals surface area contributed by atoms with Crippen LogP contribution in [-0.4, -0.2) is 41.5 Å². The molecule has 0 aliphatic carbocycles. The molecule has 150 valence electrons. The maximum absolute atomic E-state index is 13.2. The number of ether oxygens (including phenoxy) is 1. The Morgan fingerprint density at radius 2 is 2.07 bits per heavy atom. The highest BCUT2D eigenvalue weighted by molar-refractivity contribution is 5.98. The van der Waals surface area contributed by atoms with Gasteiger partial charge in [0.2, 0.25) is 5.91 Å². The molecule has 2 N–H and O–H groups in total. The number of aromatic nitrogens is 2. The molecule has 0 aromatic carbocycles. The van der Waals surface area contributed by atoms with E-state index in [0.29, 0.717) is 37.4 Å². The summed E-state index contributed by atoms with van der Waals surface area (Å²) in [5, 5.41) is 9.32. The van der Waals surface area contributed by atoms with Gasteiger partial charge >= 0.3 is 5.97 Å². The van der Waals surface area contributed by atoms with E-state index in [1.54, 1.807) is 18.3 Å². The van der Waals surface area contributed by atoms with E-state index in [1.165, 1.54) is 10.5 Å². The van der Waals surface area contributed by atoms with E-state index in [4.69, 9.17) is 5.73 Å². The number of hydrogen-bond donors (Lipinski definition) is 1. The average molecular weight is 395 g/mol. The van der Waals surface area contributed by atoms with Crippen molar-refractivity contribution in [3.63, 3.8) is 0 Å². The van der Waals surface area contributed by atoms with Crippen LogP contribution in [0.1, 0.15) is 24.0 Å². The van der Waals surface area contributed by atoms with Crippen LogP contribution in [0.25, 0.3) is 11.7 Å². The minimum atomic E-state index is -0.834. The van der Waals surface area contributed by atoms with Gasteiger partial charge in [-0.15, -0.1) is 0 Å². The van der Waals surface area contributed by atoms with E-state index >= 15 is 0 Å². The third-order valence-corrected chi connectivity index (χ3v) is 5.08. The number of nitrogens with two attached hydrogens (primary N) is 1. The van der Waals surface area contributed by atoms with Gasteiger partial charge in [-0.3, -0.25) is 14.0 Å². The number of anilines is 1. The van der Waals surface area contributed by atoms with Gasteiger partial charge in [0.05, 0.1) is 12.7 Å². The lowest BCUT2D eigenvalue weighted by atomic mass is 9.96. The molecule has 3 heterocycles. The Balaban J connectivity index is 2.19. The van der Waals surface area contributed by atoms with Crippen molar-refractivity contribution in [1.29, 1.82) is 5.26 Å². The summed E-state index contributed by atoms with van der Waals surface area (Å²) in [6, 6.07) is 5.34. The number of carbonyl (C=O) groups excluding carboxylic acids is 2. The first kappa shape index (κ1) is 20.1. The Kier molecular flexibility index (Phi) is 5.64. The van der Waals surface area contributed by atoms with Crippen LogP contribution >= 0.6 is 0 Å². The molecule has 1 saturated heterocycles. The number of nitrogens with zero attached hydrogens (tertiary/aromatic N) is 4. The second-order valence-electron chi connectivity index (χ2n) is 6.86. The van der Waals surface area contributed by atoms with Crippen molar-refractivity contribution in [2.24, 2.45) is 11.7 Å². The number of fused-ring (bicyclic) bond motifs is 1. The molecule has 0 atom stereocenters. The minimum absolute atomic E-state index is 0.118. The van der Waals surface area contributed by atoms with E-state index in [-0.39, 0.29) is 23.0 Å². The highest BCUT2D eigenvalue weighted by Gasteiger charge is 2.27. The van der Waals surface area contributed by atoms with Crippen molar-refractivity contribution in [2.45, 2.75) is 19.8 Å². The first-order valence-corrected chi connectivity index (χ1v) is 9.13. The maximum Gasteiger partial charge on any atom is 0.348 e. The fourth-order valence-corrected chi connectivity index (χ4v) is 3.43. The van der Waals surface area contributed by atoms with E-state index in [2.05, 4.69) is 9.72 Å². The van der Waals surface area contributed by atoms with Crippen LogP contribution in [0.3, 0.4) is 0 Å². The molecule has 2 aromatic rings. The molecule has 1 fully saturated rings. The summed E-state index contributed by atoms with van der Waals surface area (Å²) in [7, 11) is 1.16. The Hall–Kier alpha value is -3.67. The summed E-state index contributed by atoms with van der Waals surface area (Å²) < 4.78 is 6.01. The monoisotopic (exact) mass is 395 g/mol. The normalized spacial score (nSPS) is 15.2. The highest BCUT2D eigenvalue weighted by atomic mass is 16.5. The summed E-state index contributed by atoms with van der Waals surface area (Å²) in [5.41, 5.74) is 6.12. The van der Waals surface area contributed by atoms with E-state index in [1.807, 2.05) is 17.9 Å². The van der Waals surface area contributed by atoms with Gasteiger partial charge in [0.1, 0.15) is 23.1 Å². The topological polar surface area (TPSA) is 131 Å². The zero-order valence-electron chi connectivity index (χ0n) is 16.2. The number of piperidine rings is 1. The number of pyridine rings is 1. The number of hydrogen-bond acceptors (Lipinski definition) is 7. The van der Waals surface area contributed by atoms with Crippen LogP contribution in [0.15, 0.2) is 28.7 Å². The molecule has 3 rings (SSSR count). The zero-order chi connectivity index (χ0) is 21.1. The van der Waals surface area contributed by atoms with Gasteiger partial charge in [-0.1, -0.05) is 6.07 Å². The molecule has 1 amide bonds. The molecule has 0 radical (unpaired) electrons. The zero-order valence-corrected chi connectivity index (χ0v) is 16.2. The molecule has 9 heteroatoms. The van der Waals surface area contributed by atoms with Crippen LogP contribution in [0.4, 0.5) is 5.82 Å². The Bertz CT molecular complexity index is 1100. The van der Waals surface area contributed by atoms with Crippen molar-refractivity contribution in [3.05, 3.63) is 45.4 Å². The average Bonchev–Trinajstić information content (AvgIpc) is 2.73. The van der Waals surface area contributed by atoms with Crippen LogP contribution in [0.5, 0.6) is 0 Å². The van der Waals surface area contributed by atoms with Gasteiger partial charge in [-0.05, 0) is 37.5 Å². The quantitative estimate of drug-likeness (QED) is 0.460. The van der Waals surface area contributed by atoms with Crippen LogP contribution < -0.4 is 16.2 Å². The Morgan fingerprint density at radius 3 is 2.66 bits per heavy atom. The molecular weight excluding hydrogens is 374 g/mol. The molecule has 0 saturated carbocycles. The standard InChI is InChI=1S/C20H21N5O4/c1-12-4-3-7-25-17(12)23-18(24-8-5-13(6-9-24)16(22)26)15(19(25)27)10-14(11-21)20(28)29-2/h3-4,7,10,13H,5-6,8-9H2,1-2H3,(H2,22,26). The third kappa shape index (κ3) is 3.82. The van der Waals surface area contributed by atoms with Crippen molar-refractivity contribution in [3.8, 4) is 6.07 Å². The van der Waals surface area contributed by atoms with Crippen molar-refractivity contribution >= 4 is 29.4 Å². The van der Waals surface area contributed by atoms with Crippen LogP contribution in [0.2, 0.25) is 0 Å². The number of methoxy groups -OCH3 is 1. The van der Waals surface area contributed by atoms with Gasteiger partial charge in [0, 0.05) is 25.2 Å². The van der Waals surface area contributed by atoms with Crippen molar-refractivity contribution in [2.75, 3.05) is 25.1 Å². The number of rotatable bonds is 4. The number of aryl methyl sites for hydroxylation is 1. The number of esters is 1. The third-order valence-electron chi connectivity index (χ3n) is 5.08. The molecule has 1 aliphatic rings. The molecular formula is C20H21N5O4. The molecule has 29 heavy (non-hydrogen) atoms. The lowest BCUT2D eigenvalue weighted by Gasteiger charge is -2.32. The first-order valence-electron chi connectivity index (χ1n) is 9.13. The van der Waals surface area contributed by atoms with Gasteiger partial charge in [-0.25, -0.2) is 9.78 Å². The van der Waals surface area contributed by atoms with Crippen molar-refractivity contribution in [1.82, 2.24) is 9.38 Å². The molecule has 0 spiro atoms. The van der Waals surface area contributed by atoms with E-state index in [9.17, 15) is 19.6 Å². The predicted molar refractivity (Wildman–Crippen MR) is 106 cm³/mol. The predicted octanol–water partition coefficient (Wildman–Crippen LogP) is 0.785. The molecule has 2 aromatic heterocycles. The van der Waals surface area contributed by atoms with Crippen LogP contribution in [0, 0.1) is 24.2 Å². The maximum atomic E-state index is 13.2. The summed E-state index contributed by atoms with van der Waals surface area (Å²) >= 11 is 0. The summed E-state index contributed by atoms with van der Waals surface area (Å²) in [5.74, 6) is -1.04. The summed E-state index contributed by atoms with van der Waals surface area (Å²) in [4.78, 5) is 43.1. The Labute approximate surface area is 167 Å².